The van der Waals surface area contributed by atoms with Gasteiger partial charge in [0.15, 0.2) is 11.6 Å². The van der Waals surface area contributed by atoms with Crippen molar-refractivity contribution in [3.63, 3.8) is 0 Å². The zero-order valence-corrected chi connectivity index (χ0v) is 25.3. The fourth-order valence-corrected chi connectivity index (χ4v) is 6.02. The number of aromatic nitrogens is 3. The third-order valence-electron chi connectivity index (χ3n) is 8.37. The molecule has 45 heavy (non-hydrogen) atoms. The zero-order chi connectivity index (χ0) is 30.9. The number of fused-ring (bicyclic) bond motifs is 1. The second-order valence-electron chi connectivity index (χ2n) is 11.2. The monoisotopic (exact) mass is 610 g/mol. The number of para-hydroxylation sites is 1. The summed E-state index contributed by atoms with van der Waals surface area (Å²) >= 11 is 0. The van der Waals surface area contributed by atoms with E-state index in [1.807, 2.05) is 25.1 Å². The first-order valence-electron chi connectivity index (χ1n) is 15.2. The number of nitrogens with one attached hydrogen (secondary N) is 2. The minimum atomic E-state index is -0.430. The Labute approximate surface area is 260 Å². The van der Waals surface area contributed by atoms with Crippen LogP contribution in [0.2, 0.25) is 0 Å². The molecule has 10 nitrogen and oxygen atoms in total. The third-order valence-corrected chi connectivity index (χ3v) is 8.37. The van der Waals surface area contributed by atoms with Gasteiger partial charge in [-0.1, -0.05) is 12.1 Å². The number of H-pyrrole nitrogens is 1. The maximum absolute atomic E-state index is 14.2. The predicted octanol–water partition coefficient (Wildman–Crippen LogP) is 5.54. The summed E-state index contributed by atoms with van der Waals surface area (Å²) in [6.07, 6.45) is 1.58. The summed E-state index contributed by atoms with van der Waals surface area (Å²) < 4.78 is 32.9. The Bertz CT molecular complexity index is 1800. The molecule has 0 aliphatic carbocycles. The molecule has 0 amide bonds. The Morgan fingerprint density at radius 2 is 1.60 bits per heavy atom. The maximum Gasteiger partial charge on any atom is 0.214 e. The second-order valence-corrected chi connectivity index (χ2v) is 11.2. The summed E-state index contributed by atoms with van der Waals surface area (Å²) in [5.41, 5.74) is 5.63. The first-order chi connectivity index (χ1) is 22.0. The lowest BCUT2D eigenvalue weighted by molar-refractivity contribution is 0.103. The van der Waals surface area contributed by atoms with E-state index in [-0.39, 0.29) is 11.5 Å². The molecule has 2 aromatic heterocycles. The van der Waals surface area contributed by atoms with Gasteiger partial charge in [0, 0.05) is 44.1 Å². The van der Waals surface area contributed by atoms with E-state index in [0.717, 1.165) is 59.7 Å². The smallest absolute Gasteiger partial charge is 0.214 e. The second kappa shape index (κ2) is 12.3. The average molecular weight is 611 g/mol. The van der Waals surface area contributed by atoms with Crippen molar-refractivity contribution in [2.45, 2.75) is 6.92 Å². The summed E-state index contributed by atoms with van der Waals surface area (Å²) in [7, 11) is 1.77. The number of carbonyl (C=O) groups is 1. The van der Waals surface area contributed by atoms with Gasteiger partial charge in [-0.3, -0.25) is 4.79 Å². The molecule has 2 N–H and O–H groups in total. The zero-order valence-electron chi connectivity index (χ0n) is 25.3. The largest absolute Gasteiger partial charge is 0.454 e. The number of anilines is 3. The summed E-state index contributed by atoms with van der Waals surface area (Å²) in [5, 5.41) is 8.69. The molecule has 7 rings (SSSR count). The molecule has 11 heteroatoms. The summed E-state index contributed by atoms with van der Waals surface area (Å²) in [5.74, 6) is 0.649. The Kier molecular flexibility index (Phi) is 7.86. The highest BCUT2D eigenvalue weighted by molar-refractivity contribution is 6.13. The van der Waals surface area contributed by atoms with Crippen LogP contribution in [-0.2, 0) is 9.47 Å². The van der Waals surface area contributed by atoms with Crippen LogP contribution in [0.25, 0.3) is 16.6 Å². The molecule has 2 fully saturated rings. The highest BCUT2D eigenvalue weighted by atomic mass is 19.1. The molecule has 0 bridgehead atoms. The number of benzene rings is 3. The van der Waals surface area contributed by atoms with Gasteiger partial charge in [0.2, 0.25) is 5.78 Å². The summed E-state index contributed by atoms with van der Waals surface area (Å²) in [6, 6.07) is 18.0. The number of aryl methyl sites for hydroxylation is 1. The SMILES string of the molecule is CNc1c(C(=O)c2cc3cc(N4CCOCC4)c(N4CCOCC4)cc3[nH]2)cnn1-c1ccc(Oc2ccccc2F)c(C)c1. The van der Waals surface area contributed by atoms with E-state index >= 15 is 0 Å². The van der Waals surface area contributed by atoms with Crippen LogP contribution < -0.4 is 19.9 Å². The molecule has 0 spiro atoms. The van der Waals surface area contributed by atoms with Crippen LogP contribution in [0.15, 0.2) is 66.9 Å². The van der Waals surface area contributed by atoms with Crippen molar-refractivity contribution in [2.75, 3.05) is 74.8 Å². The van der Waals surface area contributed by atoms with Crippen molar-refractivity contribution in [3.05, 3.63) is 89.5 Å². The molecule has 4 heterocycles. The number of ether oxygens (including phenoxy) is 3. The van der Waals surface area contributed by atoms with Crippen LogP contribution in [0.4, 0.5) is 21.6 Å². The predicted molar refractivity (Wildman–Crippen MR) is 172 cm³/mol. The molecule has 232 valence electrons. The van der Waals surface area contributed by atoms with Crippen LogP contribution in [0, 0.1) is 12.7 Å². The molecule has 2 aliphatic heterocycles. The van der Waals surface area contributed by atoms with Crippen LogP contribution in [0.1, 0.15) is 21.6 Å². The van der Waals surface area contributed by atoms with Gasteiger partial charge in [0.05, 0.1) is 60.9 Å². The van der Waals surface area contributed by atoms with Gasteiger partial charge < -0.3 is 34.3 Å². The normalized spacial score (nSPS) is 15.4. The topological polar surface area (TPSA) is 96.9 Å². The Hall–Kier alpha value is -4.87. The lowest BCUT2D eigenvalue weighted by atomic mass is 10.1. The van der Waals surface area contributed by atoms with E-state index in [1.54, 1.807) is 42.2 Å². The van der Waals surface area contributed by atoms with E-state index in [9.17, 15) is 9.18 Å². The van der Waals surface area contributed by atoms with E-state index in [2.05, 4.69) is 37.3 Å². The van der Waals surface area contributed by atoms with E-state index < -0.39 is 5.82 Å². The van der Waals surface area contributed by atoms with Crippen LogP contribution in [0.5, 0.6) is 11.5 Å². The van der Waals surface area contributed by atoms with Crippen LogP contribution in [-0.4, -0.2) is 80.2 Å². The molecule has 2 saturated heterocycles. The van der Waals surface area contributed by atoms with E-state index in [1.165, 1.54) is 6.07 Å². The minimum Gasteiger partial charge on any atom is -0.454 e. The number of carbonyl (C=O) groups excluding carboxylic acids is 1. The van der Waals surface area contributed by atoms with Gasteiger partial charge in [-0.2, -0.15) is 5.10 Å². The van der Waals surface area contributed by atoms with Gasteiger partial charge in [0.1, 0.15) is 11.6 Å². The molecule has 3 aromatic carbocycles. The van der Waals surface area contributed by atoms with Crippen molar-refractivity contribution in [3.8, 4) is 17.2 Å². The number of morpholine rings is 2. The first-order valence-corrected chi connectivity index (χ1v) is 15.2. The Morgan fingerprint density at radius 3 is 2.27 bits per heavy atom. The molecule has 0 atom stereocenters. The van der Waals surface area contributed by atoms with Gasteiger partial charge in [-0.05, 0) is 61.0 Å². The lowest BCUT2D eigenvalue weighted by Gasteiger charge is -2.36. The molecule has 0 radical (unpaired) electrons. The van der Waals surface area contributed by atoms with Crippen molar-refractivity contribution in [2.24, 2.45) is 0 Å². The molecule has 5 aromatic rings. The highest BCUT2D eigenvalue weighted by Crippen LogP contribution is 2.36. The van der Waals surface area contributed by atoms with Crippen molar-refractivity contribution < 1.29 is 23.4 Å². The average Bonchev–Trinajstić information content (AvgIpc) is 3.71. The highest BCUT2D eigenvalue weighted by Gasteiger charge is 2.25. The number of aromatic amines is 1. The number of ketones is 1. The fourth-order valence-electron chi connectivity index (χ4n) is 6.02. The molecule has 0 unspecified atom stereocenters. The van der Waals surface area contributed by atoms with E-state index in [4.69, 9.17) is 14.2 Å². The number of hydrogen-bond donors (Lipinski definition) is 2. The summed E-state index contributed by atoms with van der Waals surface area (Å²) in [4.78, 5) is 22.0. The van der Waals surface area contributed by atoms with Crippen LogP contribution >= 0.6 is 0 Å². The summed E-state index contributed by atoms with van der Waals surface area (Å²) in [6.45, 7) is 7.91. The van der Waals surface area contributed by atoms with Crippen LogP contribution in [0.3, 0.4) is 0 Å². The fraction of sp³-hybridized carbons (Fsp3) is 0.294. The third kappa shape index (κ3) is 5.60. The molecular weight excluding hydrogens is 575 g/mol. The first kappa shape index (κ1) is 28.9. The number of nitrogens with zero attached hydrogens (tertiary/aromatic N) is 4. The quantitative estimate of drug-likeness (QED) is 0.221. The van der Waals surface area contributed by atoms with Gasteiger partial charge in [-0.15, -0.1) is 0 Å². The molecular formula is C34H35FN6O4. The number of halogens is 1. The number of hydrogen-bond acceptors (Lipinski definition) is 8. The van der Waals surface area contributed by atoms with E-state index in [0.29, 0.717) is 49.3 Å². The minimum absolute atomic E-state index is 0.156. The van der Waals surface area contributed by atoms with Crippen molar-refractivity contribution in [1.29, 1.82) is 0 Å². The molecule has 2 aliphatic rings. The van der Waals surface area contributed by atoms with Gasteiger partial charge >= 0.3 is 0 Å². The lowest BCUT2D eigenvalue weighted by Crippen LogP contribution is -2.40. The van der Waals surface area contributed by atoms with Crippen molar-refractivity contribution in [1.82, 2.24) is 14.8 Å². The maximum atomic E-state index is 14.2. The Balaban J connectivity index is 1.20. The van der Waals surface area contributed by atoms with Gasteiger partial charge in [-0.25, -0.2) is 9.07 Å². The van der Waals surface area contributed by atoms with Gasteiger partial charge in [0.25, 0.3) is 0 Å². The molecule has 0 saturated carbocycles. The standard InChI is InChI=1S/C34H35FN6O4/c1-22-17-24(7-8-31(22)45-32-6-4-3-5-26(32)35)41-34(36-2)25(21-37-41)33(42)28-18-23-19-29(39-9-13-43-14-10-39)30(20-27(23)38-28)40-11-15-44-16-12-40/h3-8,17-21,36,38H,9-16H2,1-2H3. The Morgan fingerprint density at radius 1 is 0.911 bits per heavy atom. The number of rotatable bonds is 8. The van der Waals surface area contributed by atoms with Crippen molar-refractivity contribution >= 4 is 33.9 Å².